The monoisotopic (exact) mass is 346 g/mol. The van der Waals surface area contributed by atoms with Gasteiger partial charge in [0.15, 0.2) is 0 Å². The van der Waals surface area contributed by atoms with Crippen molar-refractivity contribution in [3.8, 4) is 0 Å². The predicted molar refractivity (Wildman–Crippen MR) is 95.6 cm³/mol. The van der Waals surface area contributed by atoms with E-state index in [2.05, 4.69) is 15.1 Å². The van der Waals surface area contributed by atoms with Crippen molar-refractivity contribution in [1.29, 1.82) is 0 Å². The summed E-state index contributed by atoms with van der Waals surface area (Å²) in [6.07, 6.45) is 5.88. The van der Waals surface area contributed by atoms with Crippen molar-refractivity contribution in [1.82, 2.24) is 20.0 Å². The van der Waals surface area contributed by atoms with Crippen LogP contribution in [0.25, 0.3) is 0 Å². The van der Waals surface area contributed by atoms with Gasteiger partial charge < -0.3 is 14.9 Å². The zero-order chi connectivity index (χ0) is 17.4. The molecule has 25 heavy (non-hydrogen) atoms. The van der Waals surface area contributed by atoms with Gasteiger partial charge in [0.05, 0.1) is 11.3 Å². The lowest BCUT2D eigenvalue weighted by Crippen LogP contribution is -2.48. The molecule has 2 atom stereocenters. The SMILES string of the molecule is Cc1[nH]nc(C2CC2)c1C(=O)N1C[C@@H](CO)C[C@@H](CN2CCCC2)C1. The Morgan fingerprint density at radius 1 is 1.24 bits per heavy atom. The van der Waals surface area contributed by atoms with Crippen molar-refractivity contribution < 1.29 is 9.90 Å². The Bertz CT molecular complexity index is 619. The zero-order valence-corrected chi connectivity index (χ0v) is 15.2. The molecule has 0 spiro atoms. The third kappa shape index (κ3) is 3.60. The number of carbonyl (C=O) groups is 1. The number of aromatic amines is 1. The van der Waals surface area contributed by atoms with Crippen molar-refractivity contribution in [2.45, 2.75) is 44.9 Å². The third-order valence-corrected chi connectivity index (χ3v) is 6.04. The maximum Gasteiger partial charge on any atom is 0.257 e. The minimum Gasteiger partial charge on any atom is -0.396 e. The van der Waals surface area contributed by atoms with Crippen LogP contribution in [0.3, 0.4) is 0 Å². The Balaban J connectivity index is 1.49. The minimum atomic E-state index is 0.109. The molecule has 1 saturated carbocycles. The quantitative estimate of drug-likeness (QED) is 0.852. The number of piperidine rings is 1. The molecule has 2 N–H and O–H groups in total. The Kier molecular flexibility index (Phi) is 4.82. The molecule has 1 amide bonds. The third-order valence-electron chi connectivity index (χ3n) is 6.04. The Hall–Kier alpha value is -1.40. The maximum absolute atomic E-state index is 13.2. The van der Waals surface area contributed by atoms with E-state index in [0.717, 1.165) is 49.3 Å². The molecular formula is C19H30N4O2. The Labute approximate surface area is 149 Å². The van der Waals surface area contributed by atoms with Gasteiger partial charge in [-0.1, -0.05) is 0 Å². The van der Waals surface area contributed by atoms with Crippen LogP contribution in [0.2, 0.25) is 0 Å². The first-order chi connectivity index (χ1) is 12.2. The summed E-state index contributed by atoms with van der Waals surface area (Å²) in [5, 5.41) is 17.2. The van der Waals surface area contributed by atoms with Gasteiger partial charge in [0.2, 0.25) is 0 Å². The van der Waals surface area contributed by atoms with E-state index in [1.165, 1.54) is 25.9 Å². The van der Waals surface area contributed by atoms with Gasteiger partial charge >= 0.3 is 0 Å². The van der Waals surface area contributed by atoms with E-state index < -0.39 is 0 Å². The van der Waals surface area contributed by atoms with Crippen LogP contribution in [0.15, 0.2) is 0 Å². The molecule has 1 aromatic heterocycles. The summed E-state index contributed by atoms with van der Waals surface area (Å²) in [5.41, 5.74) is 2.64. The second-order valence-corrected chi connectivity index (χ2v) is 8.25. The highest BCUT2D eigenvalue weighted by molar-refractivity contribution is 5.96. The molecule has 0 unspecified atom stereocenters. The summed E-state index contributed by atoms with van der Waals surface area (Å²) in [6, 6.07) is 0. The molecular weight excluding hydrogens is 316 g/mol. The smallest absolute Gasteiger partial charge is 0.257 e. The van der Waals surface area contributed by atoms with Gasteiger partial charge in [0, 0.05) is 37.9 Å². The van der Waals surface area contributed by atoms with E-state index in [4.69, 9.17) is 0 Å². The molecule has 3 fully saturated rings. The van der Waals surface area contributed by atoms with E-state index >= 15 is 0 Å². The van der Waals surface area contributed by atoms with Crippen LogP contribution in [0, 0.1) is 18.8 Å². The fourth-order valence-corrected chi connectivity index (χ4v) is 4.61. The van der Waals surface area contributed by atoms with Crippen molar-refractivity contribution in [3.63, 3.8) is 0 Å². The zero-order valence-electron chi connectivity index (χ0n) is 15.2. The van der Waals surface area contributed by atoms with E-state index in [1.54, 1.807) is 0 Å². The average Bonchev–Trinajstić information content (AvgIpc) is 3.20. The van der Waals surface area contributed by atoms with E-state index in [1.807, 2.05) is 11.8 Å². The lowest BCUT2D eigenvalue weighted by molar-refractivity contribution is 0.0464. The van der Waals surface area contributed by atoms with E-state index in [0.29, 0.717) is 18.4 Å². The lowest BCUT2D eigenvalue weighted by Gasteiger charge is -2.38. The molecule has 6 heteroatoms. The summed E-state index contributed by atoms with van der Waals surface area (Å²) in [7, 11) is 0. The number of aliphatic hydroxyl groups is 1. The van der Waals surface area contributed by atoms with Crippen LogP contribution < -0.4 is 0 Å². The average molecular weight is 346 g/mol. The van der Waals surface area contributed by atoms with Crippen LogP contribution in [0.5, 0.6) is 0 Å². The number of nitrogens with one attached hydrogen (secondary N) is 1. The Morgan fingerprint density at radius 3 is 2.64 bits per heavy atom. The Morgan fingerprint density at radius 2 is 1.96 bits per heavy atom. The number of aliphatic hydroxyl groups excluding tert-OH is 1. The molecule has 3 heterocycles. The van der Waals surface area contributed by atoms with Crippen LogP contribution in [-0.4, -0.2) is 70.3 Å². The van der Waals surface area contributed by atoms with E-state index in [9.17, 15) is 9.90 Å². The first-order valence-electron chi connectivity index (χ1n) is 9.83. The number of rotatable bonds is 5. The first-order valence-corrected chi connectivity index (χ1v) is 9.83. The largest absolute Gasteiger partial charge is 0.396 e. The number of carbonyl (C=O) groups excluding carboxylic acids is 1. The second kappa shape index (κ2) is 7.08. The molecule has 0 aromatic carbocycles. The molecule has 6 nitrogen and oxygen atoms in total. The lowest BCUT2D eigenvalue weighted by atomic mass is 9.88. The number of amides is 1. The normalized spacial score (nSPS) is 27.8. The van der Waals surface area contributed by atoms with Crippen LogP contribution in [0.1, 0.15) is 59.8 Å². The molecule has 2 aliphatic heterocycles. The highest BCUT2D eigenvalue weighted by atomic mass is 16.3. The van der Waals surface area contributed by atoms with Crippen LogP contribution in [-0.2, 0) is 0 Å². The van der Waals surface area contributed by atoms with Crippen molar-refractivity contribution in [2.24, 2.45) is 11.8 Å². The molecule has 4 rings (SSSR count). The van der Waals surface area contributed by atoms with Gasteiger partial charge in [0.25, 0.3) is 5.91 Å². The molecule has 0 radical (unpaired) electrons. The van der Waals surface area contributed by atoms with Crippen molar-refractivity contribution >= 4 is 5.91 Å². The highest BCUT2D eigenvalue weighted by Crippen LogP contribution is 2.41. The maximum atomic E-state index is 13.2. The van der Waals surface area contributed by atoms with Gasteiger partial charge in [-0.25, -0.2) is 0 Å². The molecule has 0 bridgehead atoms. The summed E-state index contributed by atoms with van der Waals surface area (Å²) >= 11 is 0. The highest BCUT2D eigenvalue weighted by Gasteiger charge is 2.36. The minimum absolute atomic E-state index is 0.109. The van der Waals surface area contributed by atoms with Gasteiger partial charge in [-0.2, -0.15) is 5.10 Å². The van der Waals surface area contributed by atoms with Gasteiger partial charge in [-0.3, -0.25) is 9.89 Å². The van der Waals surface area contributed by atoms with E-state index in [-0.39, 0.29) is 18.4 Å². The summed E-state index contributed by atoms with van der Waals surface area (Å²) < 4.78 is 0. The van der Waals surface area contributed by atoms with Gasteiger partial charge in [-0.05, 0) is 64.0 Å². The van der Waals surface area contributed by atoms with Gasteiger partial charge in [-0.15, -0.1) is 0 Å². The topological polar surface area (TPSA) is 72.5 Å². The summed E-state index contributed by atoms with van der Waals surface area (Å²) in [4.78, 5) is 17.8. The van der Waals surface area contributed by atoms with Crippen molar-refractivity contribution in [2.75, 3.05) is 39.3 Å². The number of H-pyrrole nitrogens is 1. The predicted octanol–water partition coefficient (Wildman–Crippen LogP) is 1.76. The van der Waals surface area contributed by atoms with Crippen molar-refractivity contribution in [3.05, 3.63) is 17.0 Å². The molecule has 1 aliphatic carbocycles. The number of aromatic nitrogens is 2. The second-order valence-electron chi connectivity index (χ2n) is 8.25. The summed E-state index contributed by atoms with van der Waals surface area (Å²) in [6.45, 7) is 7.00. The summed E-state index contributed by atoms with van der Waals surface area (Å²) in [5.74, 6) is 1.23. The first kappa shape index (κ1) is 17.0. The number of aryl methyl sites for hydroxylation is 1. The number of hydrogen-bond donors (Lipinski definition) is 2. The number of hydrogen-bond acceptors (Lipinski definition) is 4. The molecule has 3 aliphatic rings. The molecule has 138 valence electrons. The van der Waals surface area contributed by atoms with Gasteiger partial charge in [0.1, 0.15) is 0 Å². The molecule has 2 saturated heterocycles. The number of nitrogens with zero attached hydrogens (tertiary/aromatic N) is 3. The fourth-order valence-electron chi connectivity index (χ4n) is 4.61. The number of likely N-dealkylation sites (tertiary alicyclic amines) is 2. The van der Waals surface area contributed by atoms with Crippen LogP contribution >= 0.6 is 0 Å². The van der Waals surface area contributed by atoms with Crippen LogP contribution in [0.4, 0.5) is 0 Å². The molecule has 1 aromatic rings. The fraction of sp³-hybridized carbons (Fsp3) is 0.789. The standard InChI is InChI=1S/C19H30N4O2/c1-13-17(18(21-20-13)16-4-5-16)19(25)23-10-14(8-15(11-23)12-24)9-22-6-2-3-7-22/h14-16,24H,2-12H2,1H3,(H,20,21)/t14-,15-/m0/s1.